The summed E-state index contributed by atoms with van der Waals surface area (Å²) in [7, 11) is -3.70. The molecule has 8 heteroatoms. The van der Waals surface area contributed by atoms with Gasteiger partial charge in [0.1, 0.15) is 5.82 Å². The van der Waals surface area contributed by atoms with Crippen LogP contribution in [0.1, 0.15) is 12.0 Å². The minimum absolute atomic E-state index is 0.0409. The molecule has 1 amide bonds. The van der Waals surface area contributed by atoms with Crippen molar-refractivity contribution >= 4 is 21.6 Å². The van der Waals surface area contributed by atoms with Gasteiger partial charge in [0.25, 0.3) is 0 Å². The van der Waals surface area contributed by atoms with E-state index in [0.29, 0.717) is 31.7 Å². The zero-order valence-corrected chi connectivity index (χ0v) is 15.7. The molecule has 0 unspecified atom stereocenters. The van der Waals surface area contributed by atoms with Crippen molar-refractivity contribution < 1.29 is 17.6 Å². The van der Waals surface area contributed by atoms with Crippen LogP contribution >= 0.6 is 0 Å². The molecule has 0 saturated carbocycles. The molecule has 0 radical (unpaired) electrons. The molecule has 1 fully saturated rings. The number of amides is 1. The molecule has 2 aromatic rings. The molecule has 6 nitrogen and oxygen atoms in total. The second-order valence-corrected chi connectivity index (χ2v) is 8.45. The van der Waals surface area contributed by atoms with Gasteiger partial charge in [0.05, 0.1) is 11.3 Å². The van der Waals surface area contributed by atoms with E-state index in [1.807, 2.05) is 12.1 Å². The second kappa shape index (κ2) is 8.06. The van der Waals surface area contributed by atoms with E-state index in [9.17, 15) is 17.6 Å². The van der Waals surface area contributed by atoms with Gasteiger partial charge in [-0.3, -0.25) is 4.79 Å². The summed E-state index contributed by atoms with van der Waals surface area (Å²) >= 11 is 0. The maximum Gasteiger partial charge on any atom is 0.243 e. The number of hydrogen-bond donors (Lipinski definition) is 1. The number of carbonyl (C=O) groups excluding carboxylic acids is 1. The van der Waals surface area contributed by atoms with Crippen LogP contribution in [-0.2, 0) is 21.2 Å². The van der Waals surface area contributed by atoms with Crippen molar-refractivity contribution in [1.82, 2.24) is 9.21 Å². The van der Waals surface area contributed by atoms with Crippen LogP contribution in [0.4, 0.5) is 10.1 Å². The Morgan fingerprint density at radius 2 is 1.63 bits per heavy atom. The molecular weight excluding hydrogens is 369 g/mol. The highest BCUT2D eigenvalue weighted by Gasteiger charge is 2.28. The summed E-state index contributed by atoms with van der Waals surface area (Å²) in [5.41, 5.74) is 7.17. The smallest absolute Gasteiger partial charge is 0.243 e. The summed E-state index contributed by atoms with van der Waals surface area (Å²) in [6.07, 6.45) is 0.804. The highest BCUT2D eigenvalue weighted by molar-refractivity contribution is 7.89. The van der Waals surface area contributed by atoms with E-state index in [-0.39, 0.29) is 23.8 Å². The number of carbonyl (C=O) groups is 1. The van der Waals surface area contributed by atoms with Crippen molar-refractivity contribution in [3.05, 3.63) is 59.9 Å². The third kappa shape index (κ3) is 4.64. The Morgan fingerprint density at radius 3 is 2.30 bits per heavy atom. The Balaban J connectivity index is 1.65. The molecule has 1 aliphatic rings. The van der Waals surface area contributed by atoms with Gasteiger partial charge in [0.2, 0.25) is 15.9 Å². The van der Waals surface area contributed by atoms with Gasteiger partial charge in [0, 0.05) is 31.9 Å². The quantitative estimate of drug-likeness (QED) is 0.807. The zero-order valence-electron chi connectivity index (χ0n) is 14.8. The fourth-order valence-corrected chi connectivity index (χ4v) is 4.53. The lowest BCUT2D eigenvalue weighted by Gasteiger charge is -2.22. The van der Waals surface area contributed by atoms with Gasteiger partial charge in [-0.1, -0.05) is 12.1 Å². The standard InChI is InChI=1S/C19H22FN3O3S/c20-16-4-8-18(9-5-16)27(25,26)23-11-1-10-22(12-13-23)19(24)14-15-2-6-17(21)7-3-15/h2-9H,1,10-14,21H2. The summed E-state index contributed by atoms with van der Waals surface area (Å²) in [6.45, 7) is 1.37. The van der Waals surface area contributed by atoms with Crippen molar-refractivity contribution in [3.63, 3.8) is 0 Å². The van der Waals surface area contributed by atoms with E-state index in [0.717, 1.165) is 17.7 Å². The van der Waals surface area contributed by atoms with E-state index in [1.165, 1.54) is 16.4 Å². The predicted octanol–water partition coefficient (Wildman–Crippen LogP) is 1.87. The molecule has 2 aromatic carbocycles. The molecule has 0 bridgehead atoms. The normalized spacial score (nSPS) is 16.1. The zero-order chi connectivity index (χ0) is 19.4. The number of nitrogens with two attached hydrogens (primary N) is 1. The predicted molar refractivity (Wildman–Crippen MR) is 101 cm³/mol. The minimum atomic E-state index is -3.70. The van der Waals surface area contributed by atoms with Gasteiger partial charge in [-0.2, -0.15) is 4.31 Å². The average molecular weight is 391 g/mol. The van der Waals surface area contributed by atoms with Crippen LogP contribution in [0.5, 0.6) is 0 Å². The third-order valence-corrected chi connectivity index (χ3v) is 6.51. The molecule has 0 spiro atoms. The van der Waals surface area contributed by atoms with Crippen LogP contribution in [0.3, 0.4) is 0 Å². The van der Waals surface area contributed by atoms with E-state index in [1.54, 1.807) is 17.0 Å². The highest BCUT2D eigenvalue weighted by Crippen LogP contribution is 2.18. The number of halogens is 1. The summed E-state index contributed by atoms with van der Waals surface area (Å²) in [4.78, 5) is 14.3. The van der Waals surface area contributed by atoms with Crippen LogP contribution in [-0.4, -0.2) is 49.7 Å². The number of nitrogens with zero attached hydrogens (tertiary/aromatic N) is 2. The van der Waals surface area contributed by atoms with Crippen LogP contribution in [0.2, 0.25) is 0 Å². The summed E-state index contributed by atoms with van der Waals surface area (Å²) < 4.78 is 39.9. The lowest BCUT2D eigenvalue weighted by atomic mass is 10.1. The van der Waals surface area contributed by atoms with Crippen LogP contribution < -0.4 is 5.73 Å². The first kappa shape index (κ1) is 19.3. The first-order chi connectivity index (χ1) is 12.9. The van der Waals surface area contributed by atoms with E-state index in [4.69, 9.17) is 5.73 Å². The molecule has 27 heavy (non-hydrogen) atoms. The largest absolute Gasteiger partial charge is 0.399 e. The second-order valence-electron chi connectivity index (χ2n) is 6.51. The monoisotopic (exact) mass is 391 g/mol. The molecule has 0 atom stereocenters. The van der Waals surface area contributed by atoms with Crippen LogP contribution in [0.15, 0.2) is 53.4 Å². The van der Waals surface area contributed by atoms with Crippen LogP contribution in [0.25, 0.3) is 0 Å². The maximum atomic E-state index is 13.1. The van der Waals surface area contributed by atoms with Gasteiger partial charge in [-0.25, -0.2) is 12.8 Å². The first-order valence-corrected chi connectivity index (χ1v) is 10.2. The van der Waals surface area contributed by atoms with Crippen molar-refractivity contribution in [3.8, 4) is 0 Å². The molecular formula is C19H22FN3O3S. The summed E-state index contributed by atoms with van der Waals surface area (Å²) in [6, 6.07) is 11.9. The fourth-order valence-electron chi connectivity index (χ4n) is 3.06. The van der Waals surface area contributed by atoms with Gasteiger partial charge in [-0.05, 0) is 48.4 Å². The summed E-state index contributed by atoms with van der Waals surface area (Å²) in [5.74, 6) is -0.523. The van der Waals surface area contributed by atoms with Gasteiger partial charge in [-0.15, -0.1) is 0 Å². The number of benzene rings is 2. The topological polar surface area (TPSA) is 83.7 Å². The molecule has 1 heterocycles. The van der Waals surface area contributed by atoms with Gasteiger partial charge >= 0.3 is 0 Å². The molecule has 0 aromatic heterocycles. The average Bonchev–Trinajstić information content (AvgIpc) is 2.91. The SMILES string of the molecule is Nc1ccc(CC(=O)N2CCCN(S(=O)(=O)c3ccc(F)cc3)CC2)cc1. The number of sulfonamides is 1. The highest BCUT2D eigenvalue weighted by atomic mass is 32.2. The van der Waals surface area contributed by atoms with Gasteiger partial charge in [0.15, 0.2) is 0 Å². The molecule has 1 aliphatic heterocycles. The Bertz CT molecular complexity index is 899. The Kier molecular flexibility index (Phi) is 5.76. The molecule has 0 aliphatic carbocycles. The molecule has 1 saturated heterocycles. The lowest BCUT2D eigenvalue weighted by molar-refractivity contribution is -0.130. The van der Waals surface area contributed by atoms with Crippen molar-refractivity contribution in [2.24, 2.45) is 0 Å². The van der Waals surface area contributed by atoms with E-state index < -0.39 is 15.8 Å². The van der Waals surface area contributed by atoms with Crippen molar-refractivity contribution in [2.45, 2.75) is 17.7 Å². The van der Waals surface area contributed by atoms with Crippen molar-refractivity contribution in [1.29, 1.82) is 0 Å². The van der Waals surface area contributed by atoms with E-state index in [2.05, 4.69) is 0 Å². The summed E-state index contributed by atoms with van der Waals surface area (Å²) in [5, 5.41) is 0. The Labute approximate surface area is 158 Å². The molecule has 144 valence electrons. The molecule has 2 N–H and O–H groups in total. The number of rotatable bonds is 4. The Hall–Kier alpha value is -2.45. The minimum Gasteiger partial charge on any atom is -0.399 e. The van der Waals surface area contributed by atoms with Crippen molar-refractivity contribution in [2.75, 3.05) is 31.9 Å². The number of nitrogen functional groups attached to an aromatic ring is 1. The van der Waals surface area contributed by atoms with E-state index >= 15 is 0 Å². The molecule has 3 rings (SSSR count). The fraction of sp³-hybridized carbons (Fsp3) is 0.316. The maximum absolute atomic E-state index is 13.1. The van der Waals surface area contributed by atoms with Crippen LogP contribution in [0, 0.1) is 5.82 Å². The Morgan fingerprint density at radius 1 is 0.963 bits per heavy atom. The number of anilines is 1. The first-order valence-electron chi connectivity index (χ1n) is 8.74. The third-order valence-electron chi connectivity index (χ3n) is 4.59. The van der Waals surface area contributed by atoms with Gasteiger partial charge < -0.3 is 10.6 Å². The number of hydrogen-bond acceptors (Lipinski definition) is 4. The lowest BCUT2D eigenvalue weighted by Crippen LogP contribution is -2.38.